The fourth-order valence-corrected chi connectivity index (χ4v) is 2.76. The molecule has 2 aromatic carbocycles. The van der Waals surface area contributed by atoms with E-state index in [0.717, 1.165) is 0 Å². The van der Waals surface area contributed by atoms with Crippen molar-refractivity contribution in [3.63, 3.8) is 0 Å². The first-order chi connectivity index (χ1) is 12.1. The molecule has 1 saturated heterocycles. The van der Waals surface area contributed by atoms with Crippen molar-refractivity contribution in [3.8, 4) is 5.75 Å². The maximum Gasteiger partial charge on any atom is 0.257 e. The zero-order chi connectivity index (χ0) is 17.6. The second-order valence-electron chi connectivity index (χ2n) is 5.96. The molecule has 5 nitrogen and oxygen atoms in total. The number of nitrogens with zero attached hydrogens (tertiary/aromatic N) is 1. The molecule has 0 bridgehead atoms. The largest absolute Gasteiger partial charge is 0.484 e. The van der Waals surface area contributed by atoms with E-state index in [2.05, 4.69) is 5.32 Å². The van der Waals surface area contributed by atoms with E-state index in [1.807, 2.05) is 18.2 Å². The highest BCUT2D eigenvalue weighted by Crippen LogP contribution is 2.24. The van der Waals surface area contributed by atoms with Crippen LogP contribution < -0.4 is 15.0 Å². The lowest BCUT2D eigenvalue weighted by Gasteiger charge is -2.17. The molecule has 1 aliphatic heterocycles. The third-order valence-corrected chi connectivity index (χ3v) is 4.04. The van der Waals surface area contributed by atoms with Gasteiger partial charge in [0.05, 0.1) is 0 Å². The van der Waals surface area contributed by atoms with Gasteiger partial charge in [0.1, 0.15) is 11.6 Å². The van der Waals surface area contributed by atoms with E-state index in [0.29, 0.717) is 30.9 Å². The van der Waals surface area contributed by atoms with Crippen molar-refractivity contribution in [2.45, 2.75) is 6.42 Å². The minimum atomic E-state index is -0.336. The Balaban J connectivity index is 1.45. The number of hydrogen-bond acceptors (Lipinski definition) is 3. The highest BCUT2D eigenvalue weighted by atomic mass is 19.1. The predicted molar refractivity (Wildman–Crippen MR) is 91.8 cm³/mol. The van der Waals surface area contributed by atoms with Crippen LogP contribution >= 0.6 is 0 Å². The number of hydrogen-bond donors (Lipinski definition) is 1. The molecule has 1 heterocycles. The topological polar surface area (TPSA) is 58.6 Å². The standard InChI is InChI=1S/C19H19FN2O3/c20-15-6-8-16(9-7-15)22-12-14(10-19(22)24)11-21-18(23)13-25-17-4-2-1-3-5-17/h1-9,14H,10-13H2,(H,21,23)/t14-/m1/s1. The number of para-hydroxylation sites is 1. The number of amides is 2. The number of anilines is 1. The number of carbonyl (C=O) groups is 2. The minimum Gasteiger partial charge on any atom is -0.484 e. The highest BCUT2D eigenvalue weighted by Gasteiger charge is 2.30. The molecule has 25 heavy (non-hydrogen) atoms. The van der Waals surface area contributed by atoms with Gasteiger partial charge in [0.2, 0.25) is 5.91 Å². The van der Waals surface area contributed by atoms with Gasteiger partial charge in [0, 0.05) is 31.1 Å². The third-order valence-electron chi connectivity index (χ3n) is 4.04. The fourth-order valence-electron chi connectivity index (χ4n) is 2.76. The maximum atomic E-state index is 13.0. The molecule has 1 atom stereocenters. The van der Waals surface area contributed by atoms with Crippen molar-refractivity contribution < 1.29 is 18.7 Å². The van der Waals surface area contributed by atoms with Gasteiger partial charge in [-0.2, -0.15) is 0 Å². The lowest BCUT2D eigenvalue weighted by atomic mass is 10.1. The summed E-state index contributed by atoms with van der Waals surface area (Å²) in [5.74, 6) is 0.0787. The van der Waals surface area contributed by atoms with Crippen LogP contribution in [0.3, 0.4) is 0 Å². The average Bonchev–Trinajstić information content (AvgIpc) is 3.00. The van der Waals surface area contributed by atoms with Gasteiger partial charge in [-0.1, -0.05) is 18.2 Å². The lowest BCUT2D eigenvalue weighted by molar-refractivity contribution is -0.123. The van der Waals surface area contributed by atoms with E-state index in [9.17, 15) is 14.0 Å². The Morgan fingerprint density at radius 2 is 1.88 bits per heavy atom. The lowest BCUT2D eigenvalue weighted by Crippen LogP contribution is -2.34. The van der Waals surface area contributed by atoms with E-state index in [4.69, 9.17) is 4.74 Å². The summed E-state index contributed by atoms with van der Waals surface area (Å²) in [6.07, 6.45) is 0.358. The Kier molecular flexibility index (Phi) is 5.28. The quantitative estimate of drug-likeness (QED) is 0.877. The average molecular weight is 342 g/mol. The van der Waals surface area contributed by atoms with Crippen LogP contribution in [0.15, 0.2) is 54.6 Å². The first kappa shape index (κ1) is 17.0. The van der Waals surface area contributed by atoms with Crippen LogP contribution in [0, 0.1) is 11.7 Å². The Morgan fingerprint density at radius 1 is 1.16 bits per heavy atom. The van der Waals surface area contributed by atoms with E-state index in [-0.39, 0.29) is 30.2 Å². The molecule has 1 N–H and O–H groups in total. The summed E-state index contributed by atoms with van der Waals surface area (Å²) in [6.45, 7) is 0.844. The molecule has 0 unspecified atom stereocenters. The van der Waals surface area contributed by atoms with Crippen molar-refractivity contribution >= 4 is 17.5 Å². The molecule has 1 fully saturated rings. The van der Waals surface area contributed by atoms with E-state index < -0.39 is 0 Å². The first-order valence-corrected chi connectivity index (χ1v) is 8.12. The van der Waals surface area contributed by atoms with E-state index in [1.54, 1.807) is 29.2 Å². The normalized spacial score (nSPS) is 16.8. The Bertz CT molecular complexity index is 734. The molecule has 3 rings (SSSR count). The summed E-state index contributed by atoms with van der Waals surface area (Å²) in [5, 5.41) is 2.79. The SMILES string of the molecule is O=C(COc1ccccc1)NC[C@H]1CC(=O)N(c2ccc(F)cc2)C1. The predicted octanol–water partition coefficient (Wildman–Crippen LogP) is 2.37. The summed E-state index contributed by atoms with van der Waals surface area (Å²) in [7, 11) is 0. The maximum absolute atomic E-state index is 13.0. The van der Waals surface area contributed by atoms with Gasteiger partial charge >= 0.3 is 0 Å². The zero-order valence-corrected chi connectivity index (χ0v) is 13.7. The second kappa shape index (κ2) is 7.79. The summed E-state index contributed by atoms with van der Waals surface area (Å²) >= 11 is 0. The van der Waals surface area contributed by atoms with Crippen molar-refractivity contribution in [1.29, 1.82) is 0 Å². The van der Waals surface area contributed by atoms with Gasteiger partial charge in [0.15, 0.2) is 6.61 Å². The van der Waals surface area contributed by atoms with Crippen LogP contribution in [0.2, 0.25) is 0 Å². The molecule has 130 valence electrons. The molecule has 2 amide bonds. The molecular formula is C19H19FN2O3. The smallest absolute Gasteiger partial charge is 0.257 e. The van der Waals surface area contributed by atoms with Crippen molar-refractivity contribution in [1.82, 2.24) is 5.32 Å². The molecule has 6 heteroatoms. The first-order valence-electron chi connectivity index (χ1n) is 8.12. The van der Waals surface area contributed by atoms with Gasteiger partial charge in [-0.15, -0.1) is 0 Å². The van der Waals surface area contributed by atoms with Gasteiger partial charge in [-0.05, 0) is 36.4 Å². The number of nitrogens with one attached hydrogen (secondary N) is 1. The molecule has 0 aliphatic carbocycles. The second-order valence-corrected chi connectivity index (χ2v) is 5.96. The van der Waals surface area contributed by atoms with Gasteiger partial charge in [-0.3, -0.25) is 9.59 Å². The van der Waals surface area contributed by atoms with E-state index >= 15 is 0 Å². The zero-order valence-electron chi connectivity index (χ0n) is 13.7. The molecule has 0 aromatic heterocycles. The van der Waals surface area contributed by atoms with Gasteiger partial charge in [0.25, 0.3) is 5.91 Å². The van der Waals surface area contributed by atoms with Crippen molar-refractivity contribution in [2.75, 3.05) is 24.6 Å². The molecular weight excluding hydrogens is 323 g/mol. The molecule has 0 spiro atoms. The van der Waals surface area contributed by atoms with E-state index in [1.165, 1.54) is 12.1 Å². The summed E-state index contributed by atoms with van der Waals surface area (Å²) in [5.41, 5.74) is 0.674. The number of ether oxygens (including phenoxy) is 1. The molecule has 1 aliphatic rings. The number of rotatable bonds is 6. The van der Waals surface area contributed by atoms with Crippen LogP contribution in [-0.2, 0) is 9.59 Å². The van der Waals surface area contributed by atoms with Gasteiger partial charge in [-0.25, -0.2) is 4.39 Å². The van der Waals surface area contributed by atoms with Crippen molar-refractivity contribution in [3.05, 3.63) is 60.4 Å². The summed E-state index contributed by atoms with van der Waals surface area (Å²) < 4.78 is 18.4. The van der Waals surface area contributed by atoms with Crippen LogP contribution in [0.4, 0.5) is 10.1 Å². The van der Waals surface area contributed by atoms with Crippen LogP contribution in [0.5, 0.6) is 5.75 Å². The fraction of sp³-hybridized carbons (Fsp3) is 0.263. The number of benzene rings is 2. The van der Waals surface area contributed by atoms with Gasteiger partial charge < -0.3 is 15.0 Å². The molecule has 0 saturated carbocycles. The number of halogens is 1. The Morgan fingerprint density at radius 3 is 2.60 bits per heavy atom. The molecule has 0 radical (unpaired) electrons. The number of carbonyl (C=O) groups excluding carboxylic acids is 2. The summed E-state index contributed by atoms with van der Waals surface area (Å²) in [6, 6.07) is 14.9. The Hall–Kier alpha value is -2.89. The minimum absolute atomic E-state index is 0.0219. The van der Waals surface area contributed by atoms with Crippen LogP contribution in [0.25, 0.3) is 0 Å². The van der Waals surface area contributed by atoms with Crippen molar-refractivity contribution in [2.24, 2.45) is 5.92 Å². The Labute approximate surface area is 145 Å². The monoisotopic (exact) mass is 342 g/mol. The molecule has 2 aromatic rings. The van der Waals surface area contributed by atoms with Crippen LogP contribution in [-0.4, -0.2) is 31.5 Å². The third kappa shape index (κ3) is 4.56. The van der Waals surface area contributed by atoms with Crippen LogP contribution in [0.1, 0.15) is 6.42 Å². The highest BCUT2D eigenvalue weighted by molar-refractivity contribution is 5.95. The summed E-state index contributed by atoms with van der Waals surface area (Å²) in [4.78, 5) is 25.6.